The maximum Gasteiger partial charge on any atom is 0.391 e. The van der Waals surface area contributed by atoms with Crippen molar-refractivity contribution < 1.29 is 23.1 Å². The van der Waals surface area contributed by atoms with Gasteiger partial charge in [0.15, 0.2) is 5.69 Å². The number of carboxylic acid groups (broad SMARTS) is 1. The highest BCUT2D eigenvalue weighted by atomic mass is 19.4. The van der Waals surface area contributed by atoms with Gasteiger partial charge in [0.05, 0.1) is 18.3 Å². The summed E-state index contributed by atoms with van der Waals surface area (Å²) in [6.45, 7) is 0. The summed E-state index contributed by atoms with van der Waals surface area (Å²) in [6.07, 6.45) is -0.566. The van der Waals surface area contributed by atoms with Crippen LogP contribution in [0.25, 0.3) is 0 Å². The monoisotopic (exact) mass is 289 g/mol. The Kier molecular flexibility index (Phi) is 4.10. The fourth-order valence-electron chi connectivity index (χ4n) is 2.34. The van der Waals surface area contributed by atoms with Crippen LogP contribution in [0.2, 0.25) is 0 Å². The predicted molar refractivity (Wildman–Crippen MR) is 64.4 cm³/mol. The number of carbonyl (C=O) groups is 1. The third-order valence-corrected chi connectivity index (χ3v) is 3.36. The van der Waals surface area contributed by atoms with Crippen molar-refractivity contribution in [1.29, 1.82) is 0 Å². The molecule has 2 atom stereocenters. The number of aromatic nitrogens is 2. The number of carboxylic acids is 1. The number of rotatable bonds is 3. The molecular formula is C12H14F3N3O2. The van der Waals surface area contributed by atoms with E-state index in [0.717, 1.165) is 6.20 Å². The summed E-state index contributed by atoms with van der Waals surface area (Å²) in [4.78, 5) is 18.1. The lowest BCUT2D eigenvalue weighted by Crippen LogP contribution is -2.34. The normalized spacial score (nSPS) is 23.4. The van der Waals surface area contributed by atoms with Crippen LogP contribution < -0.4 is 5.32 Å². The van der Waals surface area contributed by atoms with Crippen LogP contribution in [0, 0.1) is 5.92 Å². The van der Waals surface area contributed by atoms with Crippen molar-refractivity contribution in [3.05, 3.63) is 18.1 Å². The Morgan fingerprint density at radius 1 is 1.30 bits per heavy atom. The minimum absolute atomic E-state index is 0.00582. The molecule has 0 aromatic carbocycles. The van der Waals surface area contributed by atoms with Crippen molar-refractivity contribution >= 4 is 11.8 Å². The average molecular weight is 289 g/mol. The first-order valence-corrected chi connectivity index (χ1v) is 6.25. The maximum absolute atomic E-state index is 12.7. The van der Waals surface area contributed by atoms with E-state index in [9.17, 15) is 18.0 Å². The quantitative estimate of drug-likeness (QED) is 0.894. The number of alkyl halides is 3. The molecule has 2 N–H and O–H groups in total. The Labute approximate surface area is 113 Å². The SMILES string of the molecule is O=C(O)c1cnc(NC2CCCC(C(F)(F)F)C2)cn1. The third kappa shape index (κ3) is 3.58. The molecule has 1 aromatic heterocycles. The number of hydrogen-bond acceptors (Lipinski definition) is 4. The van der Waals surface area contributed by atoms with Gasteiger partial charge in [-0.3, -0.25) is 0 Å². The van der Waals surface area contributed by atoms with Gasteiger partial charge in [0.2, 0.25) is 0 Å². The number of aromatic carboxylic acids is 1. The van der Waals surface area contributed by atoms with Gasteiger partial charge in [0, 0.05) is 6.04 Å². The Hall–Kier alpha value is -1.86. The largest absolute Gasteiger partial charge is 0.476 e. The van der Waals surface area contributed by atoms with Crippen molar-refractivity contribution in [2.45, 2.75) is 37.9 Å². The van der Waals surface area contributed by atoms with E-state index in [1.165, 1.54) is 6.20 Å². The zero-order valence-electron chi connectivity index (χ0n) is 10.5. The molecule has 1 heterocycles. The molecule has 0 saturated heterocycles. The van der Waals surface area contributed by atoms with Crippen molar-refractivity contribution in [2.75, 3.05) is 5.32 Å². The summed E-state index contributed by atoms with van der Waals surface area (Å²) in [5.41, 5.74) is -0.202. The van der Waals surface area contributed by atoms with Gasteiger partial charge in [-0.2, -0.15) is 13.2 Å². The fourth-order valence-corrected chi connectivity index (χ4v) is 2.34. The van der Waals surface area contributed by atoms with Crippen LogP contribution in [0.5, 0.6) is 0 Å². The van der Waals surface area contributed by atoms with Gasteiger partial charge in [-0.05, 0) is 19.3 Å². The molecule has 110 valence electrons. The van der Waals surface area contributed by atoms with E-state index in [2.05, 4.69) is 15.3 Å². The molecule has 20 heavy (non-hydrogen) atoms. The smallest absolute Gasteiger partial charge is 0.391 e. The maximum atomic E-state index is 12.7. The van der Waals surface area contributed by atoms with E-state index in [-0.39, 0.29) is 24.6 Å². The molecule has 1 aliphatic carbocycles. The van der Waals surface area contributed by atoms with Crippen molar-refractivity contribution in [1.82, 2.24) is 9.97 Å². The molecule has 5 nitrogen and oxygen atoms in total. The molecule has 0 spiro atoms. The third-order valence-electron chi connectivity index (χ3n) is 3.36. The van der Waals surface area contributed by atoms with Crippen LogP contribution in [0.1, 0.15) is 36.2 Å². The van der Waals surface area contributed by atoms with Gasteiger partial charge in [0.25, 0.3) is 0 Å². The molecule has 1 saturated carbocycles. The standard InChI is InChI=1S/C12H14F3N3O2/c13-12(14,15)7-2-1-3-8(4-7)18-10-6-16-9(5-17-10)11(19)20/h5-8H,1-4H2,(H,17,18)(H,19,20). The van der Waals surface area contributed by atoms with Gasteiger partial charge >= 0.3 is 12.1 Å². The first kappa shape index (κ1) is 14.5. The van der Waals surface area contributed by atoms with Crippen molar-refractivity contribution in [3.63, 3.8) is 0 Å². The summed E-state index contributed by atoms with van der Waals surface area (Å²) >= 11 is 0. The molecular weight excluding hydrogens is 275 g/mol. The number of halogens is 3. The Morgan fingerprint density at radius 2 is 2.05 bits per heavy atom. The minimum Gasteiger partial charge on any atom is -0.476 e. The fraction of sp³-hybridized carbons (Fsp3) is 0.583. The van der Waals surface area contributed by atoms with Crippen LogP contribution in [-0.2, 0) is 0 Å². The van der Waals surface area contributed by atoms with Gasteiger partial charge in [-0.1, -0.05) is 6.42 Å². The molecule has 1 fully saturated rings. The van der Waals surface area contributed by atoms with Gasteiger partial charge < -0.3 is 10.4 Å². The predicted octanol–water partition coefficient (Wildman–Crippen LogP) is 2.71. The summed E-state index contributed by atoms with van der Waals surface area (Å²) < 4.78 is 38.0. The van der Waals surface area contributed by atoms with Crippen molar-refractivity contribution in [2.24, 2.45) is 5.92 Å². The molecule has 8 heteroatoms. The lowest BCUT2D eigenvalue weighted by Gasteiger charge is -2.31. The van der Waals surface area contributed by atoms with Crippen molar-refractivity contribution in [3.8, 4) is 0 Å². The second-order valence-electron chi connectivity index (χ2n) is 4.84. The topological polar surface area (TPSA) is 75.1 Å². The van der Waals surface area contributed by atoms with Gasteiger partial charge in [0.1, 0.15) is 5.82 Å². The minimum atomic E-state index is -4.17. The summed E-state index contributed by atoms with van der Waals surface area (Å²) in [7, 11) is 0. The zero-order valence-corrected chi connectivity index (χ0v) is 10.5. The highest BCUT2D eigenvalue weighted by Crippen LogP contribution is 2.38. The molecule has 2 unspecified atom stereocenters. The highest BCUT2D eigenvalue weighted by Gasteiger charge is 2.42. The second kappa shape index (κ2) is 5.64. The molecule has 0 amide bonds. The first-order chi connectivity index (χ1) is 9.36. The summed E-state index contributed by atoms with van der Waals surface area (Å²) in [5.74, 6) is -2.19. The molecule has 2 rings (SSSR count). The average Bonchev–Trinajstić information content (AvgIpc) is 2.38. The Morgan fingerprint density at radius 3 is 2.60 bits per heavy atom. The van der Waals surface area contributed by atoms with Crippen LogP contribution in [0.4, 0.5) is 19.0 Å². The van der Waals surface area contributed by atoms with Gasteiger partial charge in [-0.25, -0.2) is 14.8 Å². The molecule has 0 radical (unpaired) electrons. The van der Waals surface area contributed by atoms with E-state index < -0.39 is 18.1 Å². The number of anilines is 1. The van der Waals surface area contributed by atoms with Crippen LogP contribution in [-0.4, -0.2) is 33.3 Å². The summed E-state index contributed by atoms with van der Waals surface area (Å²) in [6, 6.07) is -0.319. The van der Waals surface area contributed by atoms with E-state index >= 15 is 0 Å². The van der Waals surface area contributed by atoms with Crippen LogP contribution in [0.3, 0.4) is 0 Å². The molecule has 1 aromatic rings. The zero-order chi connectivity index (χ0) is 14.8. The summed E-state index contributed by atoms with van der Waals surface area (Å²) in [5, 5.41) is 11.6. The number of hydrogen-bond donors (Lipinski definition) is 2. The van der Waals surface area contributed by atoms with Crippen LogP contribution >= 0.6 is 0 Å². The van der Waals surface area contributed by atoms with E-state index in [1.54, 1.807) is 0 Å². The van der Waals surface area contributed by atoms with Gasteiger partial charge in [-0.15, -0.1) is 0 Å². The van der Waals surface area contributed by atoms with Crippen LogP contribution in [0.15, 0.2) is 12.4 Å². The molecule has 1 aliphatic rings. The Bertz CT molecular complexity index is 476. The van der Waals surface area contributed by atoms with E-state index in [4.69, 9.17) is 5.11 Å². The van der Waals surface area contributed by atoms with E-state index in [1.807, 2.05) is 0 Å². The number of nitrogens with one attached hydrogen (secondary N) is 1. The number of nitrogens with zero attached hydrogens (tertiary/aromatic N) is 2. The molecule has 0 aliphatic heterocycles. The molecule has 0 bridgehead atoms. The highest BCUT2D eigenvalue weighted by molar-refractivity contribution is 5.84. The second-order valence-corrected chi connectivity index (χ2v) is 4.84. The van der Waals surface area contributed by atoms with E-state index in [0.29, 0.717) is 18.7 Å². The lowest BCUT2D eigenvalue weighted by molar-refractivity contribution is -0.182. The Balaban J connectivity index is 1.97. The first-order valence-electron chi connectivity index (χ1n) is 6.25. The lowest BCUT2D eigenvalue weighted by atomic mass is 9.85.